The number of ether oxygens (including phenoxy) is 1. The van der Waals surface area contributed by atoms with Gasteiger partial charge in [0, 0.05) is 35.8 Å². The zero-order valence-electron chi connectivity index (χ0n) is 16.6. The highest BCUT2D eigenvalue weighted by atomic mass is 79.9. The van der Waals surface area contributed by atoms with E-state index in [0.717, 1.165) is 41.5 Å². The van der Waals surface area contributed by atoms with Crippen molar-refractivity contribution in [2.24, 2.45) is 0 Å². The summed E-state index contributed by atoms with van der Waals surface area (Å²) in [5.74, 6) is 0.969. The van der Waals surface area contributed by atoms with E-state index in [9.17, 15) is 4.79 Å². The summed E-state index contributed by atoms with van der Waals surface area (Å²) in [6.07, 6.45) is 5.65. The molecule has 6 nitrogen and oxygen atoms in total. The average molecular weight is 467 g/mol. The van der Waals surface area contributed by atoms with Crippen molar-refractivity contribution in [1.82, 2.24) is 9.88 Å². The van der Waals surface area contributed by atoms with Crippen LogP contribution in [0.5, 0.6) is 0 Å². The minimum absolute atomic E-state index is 0.0700. The lowest BCUT2D eigenvalue weighted by atomic mass is 10.1. The number of anilines is 1. The van der Waals surface area contributed by atoms with Crippen LogP contribution in [0, 0.1) is 11.3 Å². The van der Waals surface area contributed by atoms with E-state index >= 15 is 0 Å². The van der Waals surface area contributed by atoms with Crippen molar-refractivity contribution in [3.05, 3.63) is 58.2 Å². The van der Waals surface area contributed by atoms with Crippen molar-refractivity contribution in [2.45, 2.75) is 43.4 Å². The van der Waals surface area contributed by atoms with E-state index in [2.05, 4.69) is 44.0 Å². The summed E-state index contributed by atoms with van der Waals surface area (Å²) in [6, 6.07) is 14.6. The Hall–Kier alpha value is -2.43. The first-order valence-electron chi connectivity index (χ1n) is 10.4. The normalized spacial score (nSPS) is 23.9. The zero-order valence-corrected chi connectivity index (χ0v) is 18.2. The number of fused-ring (bicyclic) bond motifs is 2. The average Bonchev–Trinajstić information content (AvgIpc) is 3.52. The molecular weight excluding hydrogens is 444 g/mol. The van der Waals surface area contributed by atoms with E-state index in [1.165, 1.54) is 0 Å². The molecule has 3 aliphatic rings. The van der Waals surface area contributed by atoms with Crippen LogP contribution in [-0.2, 0) is 15.1 Å². The molecule has 1 aromatic carbocycles. The minimum atomic E-state index is -0.299. The van der Waals surface area contributed by atoms with Gasteiger partial charge in [-0.25, -0.2) is 4.98 Å². The lowest BCUT2D eigenvalue weighted by Crippen LogP contribution is -2.56. The first-order chi connectivity index (χ1) is 14.6. The molecule has 3 fully saturated rings. The van der Waals surface area contributed by atoms with E-state index in [-0.39, 0.29) is 30.2 Å². The van der Waals surface area contributed by atoms with E-state index in [4.69, 9.17) is 10.00 Å². The molecule has 1 aromatic heterocycles. The van der Waals surface area contributed by atoms with Gasteiger partial charge in [0.05, 0.1) is 11.2 Å². The van der Waals surface area contributed by atoms with Gasteiger partial charge in [-0.2, -0.15) is 5.26 Å². The number of pyridine rings is 1. The molecule has 5 rings (SSSR count). The second-order valence-electron chi connectivity index (χ2n) is 8.40. The number of hydrogen-bond acceptors (Lipinski definition) is 5. The fourth-order valence-corrected chi connectivity index (χ4v) is 5.18. The van der Waals surface area contributed by atoms with Crippen LogP contribution in [0.1, 0.15) is 36.8 Å². The predicted octanol–water partition coefficient (Wildman–Crippen LogP) is 3.60. The molecule has 2 saturated heterocycles. The zero-order chi connectivity index (χ0) is 20.7. The van der Waals surface area contributed by atoms with Crippen LogP contribution in [0.2, 0.25) is 0 Å². The molecule has 3 heterocycles. The number of nitriles is 1. The summed E-state index contributed by atoms with van der Waals surface area (Å²) in [6.45, 7) is 1.52. The summed E-state index contributed by atoms with van der Waals surface area (Å²) in [5, 5.41) is 8.99. The van der Waals surface area contributed by atoms with Crippen LogP contribution in [0.15, 0.2) is 47.1 Å². The van der Waals surface area contributed by atoms with Gasteiger partial charge in [0.1, 0.15) is 18.5 Å². The second kappa shape index (κ2) is 7.68. The summed E-state index contributed by atoms with van der Waals surface area (Å²) in [5.41, 5.74) is 1.41. The Morgan fingerprint density at radius 3 is 2.60 bits per heavy atom. The number of hydrogen-bond donors (Lipinski definition) is 0. The molecule has 0 N–H and O–H groups in total. The largest absolute Gasteiger partial charge is 0.360 e. The van der Waals surface area contributed by atoms with Gasteiger partial charge in [0.15, 0.2) is 0 Å². The standard InChI is InChI=1S/C23H23BrN4O2/c24-18-3-1-2-17(10-18)23(8-9-23)30-15-22(29)27-13-19-5-6-20(14-27)28(19)21-7-4-16(11-25)12-26-21/h1-4,7,10,12,19-20H,5-6,8-9,13-15H2/t19-,20?/m0/s1. The van der Waals surface area contributed by atoms with Gasteiger partial charge in [-0.1, -0.05) is 28.1 Å². The van der Waals surface area contributed by atoms with Crippen LogP contribution >= 0.6 is 15.9 Å². The number of benzene rings is 1. The topological polar surface area (TPSA) is 69.5 Å². The van der Waals surface area contributed by atoms with Crippen molar-refractivity contribution in [3.63, 3.8) is 0 Å². The van der Waals surface area contributed by atoms with Crippen LogP contribution in [0.25, 0.3) is 0 Å². The molecule has 2 aromatic rings. The third-order valence-electron chi connectivity index (χ3n) is 6.50. The third kappa shape index (κ3) is 3.59. The highest BCUT2D eigenvalue weighted by Crippen LogP contribution is 2.49. The molecular formula is C23H23BrN4O2. The fourth-order valence-electron chi connectivity index (χ4n) is 4.78. The quantitative estimate of drug-likeness (QED) is 0.672. The fraction of sp³-hybridized carbons (Fsp3) is 0.435. The maximum atomic E-state index is 12.9. The third-order valence-corrected chi connectivity index (χ3v) is 7.00. The first-order valence-corrected chi connectivity index (χ1v) is 11.2. The van der Waals surface area contributed by atoms with Crippen molar-refractivity contribution >= 4 is 27.7 Å². The van der Waals surface area contributed by atoms with Gasteiger partial charge in [0.2, 0.25) is 5.91 Å². The Morgan fingerprint density at radius 1 is 1.23 bits per heavy atom. The summed E-state index contributed by atoms with van der Waals surface area (Å²) < 4.78 is 7.19. The first kappa shape index (κ1) is 19.5. The summed E-state index contributed by atoms with van der Waals surface area (Å²) >= 11 is 3.52. The maximum absolute atomic E-state index is 12.9. The molecule has 1 aliphatic carbocycles. The van der Waals surface area contributed by atoms with Gasteiger partial charge in [-0.3, -0.25) is 4.79 Å². The van der Waals surface area contributed by atoms with Crippen LogP contribution in [-0.4, -0.2) is 47.6 Å². The highest BCUT2D eigenvalue weighted by molar-refractivity contribution is 9.10. The molecule has 0 spiro atoms. The number of rotatable bonds is 5. The Bertz CT molecular complexity index is 985. The lowest BCUT2D eigenvalue weighted by molar-refractivity contribution is -0.140. The van der Waals surface area contributed by atoms with Crippen LogP contribution in [0.4, 0.5) is 5.82 Å². The van der Waals surface area contributed by atoms with E-state index in [1.54, 1.807) is 6.20 Å². The van der Waals surface area contributed by atoms with E-state index in [1.807, 2.05) is 29.2 Å². The van der Waals surface area contributed by atoms with E-state index in [0.29, 0.717) is 18.7 Å². The Labute approximate surface area is 184 Å². The molecule has 1 amide bonds. The van der Waals surface area contributed by atoms with Crippen molar-refractivity contribution in [2.75, 3.05) is 24.6 Å². The van der Waals surface area contributed by atoms with Gasteiger partial charge in [-0.15, -0.1) is 0 Å². The number of carbonyl (C=O) groups excluding carboxylic acids is 1. The Kier molecular flexibility index (Phi) is 5.00. The molecule has 0 radical (unpaired) electrons. The molecule has 7 heteroatoms. The second-order valence-corrected chi connectivity index (χ2v) is 9.32. The molecule has 1 saturated carbocycles. The SMILES string of the molecule is N#Cc1ccc(N2C3CC[C@H]2CN(C(=O)COC2(c4cccc(Br)c4)CC2)C3)nc1. The smallest absolute Gasteiger partial charge is 0.248 e. The Balaban J connectivity index is 1.22. The highest BCUT2D eigenvalue weighted by Gasteiger charge is 2.47. The number of nitrogens with zero attached hydrogens (tertiary/aromatic N) is 4. The Morgan fingerprint density at radius 2 is 2.00 bits per heavy atom. The number of piperazine rings is 1. The van der Waals surface area contributed by atoms with Gasteiger partial charge in [-0.05, 0) is 55.5 Å². The number of halogens is 1. The monoisotopic (exact) mass is 466 g/mol. The minimum Gasteiger partial charge on any atom is -0.360 e. The molecule has 154 valence electrons. The summed E-state index contributed by atoms with van der Waals surface area (Å²) in [7, 11) is 0. The van der Waals surface area contributed by atoms with Crippen LogP contribution in [0.3, 0.4) is 0 Å². The molecule has 1 unspecified atom stereocenters. The van der Waals surface area contributed by atoms with Crippen molar-refractivity contribution in [3.8, 4) is 6.07 Å². The number of likely N-dealkylation sites (tertiary alicyclic amines) is 1. The van der Waals surface area contributed by atoms with Crippen molar-refractivity contribution in [1.29, 1.82) is 5.26 Å². The number of aromatic nitrogens is 1. The number of carbonyl (C=O) groups is 1. The molecule has 2 atom stereocenters. The van der Waals surface area contributed by atoms with Gasteiger partial charge in [0.25, 0.3) is 0 Å². The van der Waals surface area contributed by atoms with Gasteiger partial charge < -0.3 is 14.5 Å². The molecule has 2 bridgehead atoms. The predicted molar refractivity (Wildman–Crippen MR) is 116 cm³/mol. The number of amides is 1. The molecule has 2 aliphatic heterocycles. The van der Waals surface area contributed by atoms with Crippen LogP contribution < -0.4 is 4.90 Å². The summed E-state index contributed by atoms with van der Waals surface area (Å²) in [4.78, 5) is 21.7. The van der Waals surface area contributed by atoms with Crippen molar-refractivity contribution < 1.29 is 9.53 Å². The van der Waals surface area contributed by atoms with E-state index < -0.39 is 0 Å². The molecule has 30 heavy (non-hydrogen) atoms. The van der Waals surface area contributed by atoms with Gasteiger partial charge >= 0.3 is 0 Å². The maximum Gasteiger partial charge on any atom is 0.248 e. The lowest BCUT2D eigenvalue weighted by Gasteiger charge is -2.41.